The Morgan fingerprint density at radius 1 is 1.09 bits per heavy atom. The molecule has 0 fully saturated rings. The third kappa shape index (κ3) is 3.73. The van der Waals surface area contributed by atoms with Crippen molar-refractivity contribution in [1.82, 2.24) is 0 Å². The molecule has 124 valence electrons. The Balaban J connectivity index is 2.44. The minimum Gasteiger partial charge on any atom is -0.495 e. The van der Waals surface area contributed by atoms with Crippen molar-refractivity contribution in [1.29, 1.82) is 0 Å². The third-order valence-electron chi connectivity index (χ3n) is 2.92. The predicted octanol–water partition coefficient (Wildman–Crippen LogP) is 1.32. The maximum absolute atomic E-state index is 12.4. The zero-order valence-corrected chi connectivity index (χ0v) is 13.6. The molecule has 2 aromatic rings. The van der Waals surface area contributed by atoms with Crippen molar-refractivity contribution in [2.45, 2.75) is 9.79 Å². The van der Waals surface area contributed by atoms with E-state index in [1.54, 1.807) is 0 Å². The van der Waals surface area contributed by atoms with Crippen molar-refractivity contribution in [2.75, 3.05) is 17.6 Å². The molecule has 2 aromatic carbocycles. The fourth-order valence-corrected chi connectivity index (χ4v) is 3.59. The van der Waals surface area contributed by atoms with Gasteiger partial charge in [-0.1, -0.05) is 12.1 Å². The lowest BCUT2D eigenvalue weighted by atomic mass is 10.3. The summed E-state index contributed by atoms with van der Waals surface area (Å²) in [6, 6.07) is 8.99. The maximum Gasteiger partial charge on any atom is 0.294 e. The second-order valence-corrected chi connectivity index (χ2v) is 7.55. The Labute approximate surface area is 133 Å². The number of sulfonamides is 1. The SMILES string of the molecule is COc1cccc(S(=O)(=O)Nc2cccc(S(=O)(=O)O)c2)c1N. The molecule has 0 saturated heterocycles. The quantitative estimate of drug-likeness (QED) is 0.542. The molecule has 4 N–H and O–H groups in total. The van der Waals surface area contributed by atoms with Crippen molar-refractivity contribution in [2.24, 2.45) is 0 Å². The molecule has 0 bridgehead atoms. The summed E-state index contributed by atoms with van der Waals surface area (Å²) in [6.07, 6.45) is 0. The molecule has 0 heterocycles. The summed E-state index contributed by atoms with van der Waals surface area (Å²) in [5.41, 5.74) is 5.64. The van der Waals surface area contributed by atoms with Crippen LogP contribution in [0.3, 0.4) is 0 Å². The molecule has 0 aromatic heterocycles. The van der Waals surface area contributed by atoms with Crippen molar-refractivity contribution >= 4 is 31.5 Å². The lowest BCUT2D eigenvalue weighted by Gasteiger charge is -2.12. The lowest BCUT2D eigenvalue weighted by molar-refractivity contribution is 0.416. The number of benzene rings is 2. The first-order chi connectivity index (χ1) is 10.6. The van der Waals surface area contributed by atoms with Gasteiger partial charge in [0.1, 0.15) is 10.6 Å². The van der Waals surface area contributed by atoms with Gasteiger partial charge in [-0.25, -0.2) is 8.42 Å². The molecule has 0 amide bonds. The smallest absolute Gasteiger partial charge is 0.294 e. The standard InChI is InChI=1S/C13H14N2O6S2/c1-21-11-6-3-7-12(13(11)14)22(16,17)15-9-4-2-5-10(8-9)23(18,19)20/h2-8,15H,14H2,1H3,(H,18,19,20). The van der Waals surface area contributed by atoms with Crippen molar-refractivity contribution < 1.29 is 26.1 Å². The summed E-state index contributed by atoms with van der Waals surface area (Å²) in [6.45, 7) is 0. The van der Waals surface area contributed by atoms with Crippen LogP contribution < -0.4 is 15.2 Å². The highest BCUT2D eigenvalue weighted by atomic mass is 32.2. The highest BCUT2D eigenvalue weighted by Gasteiger charge is 2.20. The molecule has 0 saturated carbocycles. The third-order valence-corrected chi connectivity index (χ3v) is 5.21. The Morgan fingerprint density at radius 2 is 1.74 bits per heavy atom. The van der Waals surface area contributed by atoms with Gasteiger partial charge in [0.05, 0.1) is 23.4 Å². The Bertz CT molecular complexity index is 939. The number of ether oxygens (including phenoxy) is 1. The van der Waals surface area contributed by atoms with Crippen LogP contribution in [0, 0.1) is 0 Å². The maximum atomic E-state index is 12.4. The Morgan fingerprint density at radius 3 is 2.35 bits per heavy atom. The molecule has 0 spiro atoms. The van der Waals surface area contributed by atoms with Crippen LogP contribution in [0.15, 0.2) is 52.3 Å². The number of para-hydroxylation sites is 1. The highest BCUT2D eigenvalue weighted by Crippen LogP contribution is 2.29. The van der Waals surface area contributed by atoms with E-state index < -0.39 is 25.0 Å². The van der Waals surface area contributed by atoms with Gasteiger partial charge in [-0.15, -0.1) is 0 Å². The molecule has 0 aliphatic heterocycles. The van der Waals surface area contributed by atoms with E-state index >= 15 is 0 Å². The van der Waals surface area contributed by atoms with E-state index in [9.17, 15) is 16.8 Å². The van der Waals surface area contributed by atoms with Gasteiger partial charge in [-0.05, 0) is 30.3 Å². The fourth-order valence-electron chi connectivity index (χ4n) is 1.87. The van der Waals surface area contributed by atoms with Gasteiger partial charge in [0.25, 0.3) is 20.1 Å². The van der Waals surface area contributed by atoms with Crippen LogP contribution in [0.25, 0.3) is 0 Å². The average molecular weight is 358 g/mol. The van der Waals surface area contributed by atoms with E-state index in [0.29, 0.717) is 0 Å². The number of hydrogen-bond donors (Lipinski definition) is 3. The lowest BCUT2D eigenvalue weighted by Crippen LogP contribution is -2.15. The van der Waals surface area contributed by atoms with Crippen LogP contribution in [0.1, 0.15) is 0 Å². The van der Waals surface area contributed by atoms with Crippen LogP contribution in [-0.2, 0) is 20.1 Å². The summed E-state index contributed by atoms with van der Waals surface area (Å²) in [5.74, 6) is 0.194. The van der Waals surface area contributed by atoms with Crippen LogP contribution in [0.4, 0.5) is 11.4 Å². The molecule has 2 rings (SSSR count). The summed E-state index contributed by atoms with van der Waals surface area (Å²) in [4.78, 5) is -0.648. The number of rotatable bonds is 5. The van der Waals surface area contributed by atoms with Gasteiger partial charge < -0.3 is 10.5 Å². The van der Waals surface area contributed by atoms with Crippen LogP contribution >= 0.6 is 0 Å². The van der Waals surface area contributed by atoms with Crippen LogP contribution in [0.5, 0.6) is 5.75 Å². The molecule has 8 nitrogen and oxygen atoms in total. The Kier molecular flexibility index (Phi) is 4.50. The van der Waals surface area contributed by atoms with E-state index in [1.807, 2.05) is 0 Å². The van der Waals surface area contributed by atoms with Crippen molar-refractivity contribution in [3.63, 3.8) is 0 Å². The highest BCUT2D eigenvalue weighted by molar-refractivity contribution is 7.93. The first kappa shape index (κ1) is 17.1. The van der Waals surface area contributed by atoms with Crippen molar-refractivity contribution in [3.8, 4) is 5.75 Å². The van der Waals surface area contributed by atoms with Crippen molar-refractivity contribution in [3.05, 3.63) is 42.5 Å². The van der Waals surface area contributed by atoms with Crippen LogP contribution in [-0.4, -0.2) is 28.5 Å². The number of nitrogen functional groups attached to an aromatic ring is 1. The van der Waals surface area contributed by atoms with E-state index in [4.69, 9.17) is 15.0 Å². The van der Waals surface area contributed by atoms with Gasteiger partial charge in [0.15, 0.2) is 0 Å². The number of hydrogen-bond acceptors (Lipinski definition) is 6. The second-order valence-electron chi connectivity index (χ2n) is 4.48. The molecule has 23 heavy (non-hydrogen) atoms. The Hall–Kier alpha value is -2.30. The molecular weight excluding hydrogens is 344 g/mol. The van der Waals surface area contributed by atoms with Gasteiger partial charge in [-0.3, -0.25) is 9.27 Å². The average Bonchev–Trinajstić information content (AvgIpc) is 2.46. The summed E-state index contributed by atoms with van der Waals surface area (Å²) in [7, 11) is -7.16. The molecular formula is C13H14N2O6S2. The molecule has 0 aliphatic carbocycles. The van der Waals surface area contributed by atoms with E-state index in [1.165, 1.54) is 37.4 Å². The zero-order valence-electron chi connectivity index (χ0n) is 11.9. The predicted molar refractivity (Wildman–Crippen MR) is 84.5 cm³/mol. The van der Waals surface area contributed by atoms with Gasteiger partial charge in [-0.2, -0.15) is 8.42 Å². The minimum atomic E-state index is -4.44. The summed E-state index contributed by atoms with van der Waals surface area (Å²) in [5, 5.41) is 0. The number of nitrogens with two attached hydrogens (primary N) is 1. The number of methoxy groups -OCH3 is 1. The molecule has 0 atom stereocenters. The largest absolute Gasteiger partial charge is 0.495 e. The number of nitrogens with one attached hydrogen (secondary N) is 1. The van der Waals surface area contributed by atoms with Gasteiger partial charge >= 0.3 is 0 Å². The monoisotopic (exact) mass is 358 g/mol. The number of anilines is 2. The minimum absolute atomic E-state index is 0.0395. The van der Waals surface area contributed by atoms with E-state index in [0.717, 1.165) is 12.1 Å². The molecule has 0 unspecified atom stereocenters. The van der Waals surface area contributed by atoms with E-state index in [2.05, 4.69) is 4.72 Å². The second kappa shape index (κ2) is 6.07. The first-order valence-corrected chi connectivity index (χ1v) is 9.10. The summed E-state index contributed by atoms with van der Waals surface area (Å²) < 4.78 is 63.2. The van der Waals surface area contributed by atoms with Crippen LogP contribution in [0.2, 0.25) is 0 Å². The van der Waals surface area contributed by atoms with E-state index in [-0.39, 0.29) is 22.0 Å². The fraction of sp³-hybridized carbons (Fsp3) is 0.0769. The normalized spacial score (nSPS) is 11.9. The first-order valence-electron chi connectivity index (χ1n) is 6.18. The van der Waals surface area contributed by atoms with Gasteiger partial charge in [0.2, 0.25) is 0 Å². The molecule has 0 radical (unpaired) electrons. The summed E-state index contributed by atoms with van der Waals surface area (Å²) >= 11 is 0. The van der Waals surface area contributed by atoms with Gasteiger partial charge in [0, 0.05) is 0 Å². The zero-order chi connectivity index (χ0) is 17.3. The molecule has 10 heteroatoms. The topological polar surface area (TPSA) is 136 Å². The molecule has 0 aliphatic rings.